The lowest BCUT2D eigenvalue weighted by Crippen LogP contribution is -2.37. The van der Waals surface area contributed by atoms with Gasteiger partial charge in [-0.1, -0.05) is 6.92 Å². The Labute approximate surface area is 106 Å². The monoisotopic (exact) mass is 243 g/mol. The number of nitrogens with one attached hydrogen (secondary N) is 1. The van der Waals surface area contributed by atoms with Crippen LogP contribution in [-0.4, -0.2) is 33.9 Å². The zero-order chi connectivity index (χ0) is 12.5. The summed E-state index contributed by atoms with van der Waals surface area (Å²) in [4.78, 5) is 21.7. The number of piperidine rings is 1. The van der Waals surface area contributed by atoms with Crippen molar-refractivity contribution in [2.24, 2.45) is 5.92 Å². The van der Waals surface area contributed by atoms with Crippen LogP contribution in [0.3, 0.4) is 0 Å². The lowest BCUT2D eigenvalue weighted by Gasteiger charge is -2.30. The number of pyridine rings is 1. The summed E-state index contributed by atoms with van der Waals surface area (Å²) in [5.74, 6) is 0.861. The summed E-state index contributed by atoms with van der Waals surface area (Å²) in [6.07, 6.45) is 5.71. The van der Waals surface area contributed by atoms with Crippen molar-refractivity contribution in [2.45, 2.75) is 19.8 Å². The molecular weight excluding hydrogens is 226 g/mol. The lowest BCUT2D eigenvalue weighted by molar-refractivity contribution is 0.0699. The van der Waals surface area contributed by atoms with Crippen LogP contribution < -0.4 is 0 Å². The molecule has 2 aromatic rings. The first-order chi connectivity index (χ1) is 8.75. The quantitative estimate of drug-likeness (QED) is 0.836. The van der Waals surface area contributed by atoms with E-state index in [-0.39, 0.29) is 5.91 Å². The van der Waals surface area contributed by atoms with Crippen molar-refractivity contribution in [1.29, 1.82) is 0 Å². The number of amides is 1. The van der Waals surface area contributed by atoms with Crippen LogP contribution in [0.15, 0.2) is 24.5 Å². The van der Waals surface area contributed by atoms with Gasteiger partial charge in [-0.3, -0.25) is 4.79 Å². The maximum absolute atomic E-state index is 12.5. The highest BCUT2D eigenvalue weighted by Crippen LogP contribution is 2.21. The summed E-state index contributed by atoms with van der Waals surface area (Å²) in [6, 6.07) is 3.81. The number of fused-ring (bicyclic) bond motifs is 1. The highest BCUT2D eigenvalue weighted by molar-refractivity contribution is 6.05. The van der Waals surface area contributed by atoms with Crippen molar-refractivity contribution in [3.8, 4) is 0 Å². The Morgan fingerprint density at radius 1 is 1.44 bits per heavy atom. The van der Waals surface area contributed by atoms with Gasteiger partial charge < -0.3 is 9.88 Å². The molecule has 0 aromatic carbocycles. The lowest BCUT2D eigenvalue weighted by atomic mass is 9.98. The number of aromatic nitrogens is 2. The molecule has 1 aliphatic heterocycles. The molecule has 4 heteroatoms. The smallest absolute Gasteiger partial charge is 0.256 e. The van der Waals surface area contributed by atoms with Gasteiger partial charge in [-0.25, -0.2) is 4.98 Å². The predicted octanol–water partition coefficient (Wildman–Crippen LogP) is 2.44. The van der Waals surface area contributed by atoms with Gasteiger partial charge in [-0.15, -0.1) is 0 Å². The van der Waals surface area contributed by atoms with E-state index in [9.17, 15) is 4.79 Å². The Morgan fingerprint density at radius 3 is 3.00 bits per heavy atom. The average molecular weight is 243 g/mol. The van der Waals surface area contributed by atoms with E-state index >= 15 is 0 Å². The Morgan fingerprint density at radius 2 is 2.22 bits per heavy atom. The second kappa shape index (κ2) is 4.44. The standard InChI is InChI=1S/C14H17N3O/c1-10-4-7-17(8-5-10)14(18)12-9-16-13-11(12)3-2-6-15-13/h2-3,6,9-10H,4-5,7-8H2,1H3,(H,15,16). The largest absolute Gasteiger partial charge is 0.345 e. The van der Waals surface area contributed by atoms with Gasteiger partial charge in [-0.05, 0) is 30.9 Å². The maximum Gasteiger partial charge on any atom is 0.256 e. The highest BCUT2D eigenvalue weighted by atomic mass is 16.2. The molecule has 0 unspecified atom stereocenters. The van der Waals surface area contributed by atoms with Crippen LogP contribution in [0.25, 0.3) is 11.0 Å². The van der Waals surface area contributed by atoms with E-state index in [1.54, 1.807) is 12.4 Å². The van der Waals surface area contributed by atoms with Gasteiger partial charge in [0.15, 0.2) is 0 Å². The van der Waals surface area contributed by atoms with Gasteiger partial charge in [-0.2, -0.15) is 0 Å². The topological polar surface area (TPSA) is 49.0 Å². The van der Waals surface area contributed by atoms with E-state index in [2.05, 4.69) is 16.9 Å². The van der Waals surface area contributed by atoms with E-state index < -0.39 is 0 Å². The molecule has 0 aliphatic carbocycles. The van der Waals surface area contributed by atoms with E-state index in [4.69, 9.17) is 0 Å². The van der Waals surface area contributed by atoms with Gasteiger partial charge in [0.05, 0.1) is 5.56 Å². The van der Waals surface area contributed by atoms with Crippen molar-refractivity contribution >= 4 is 16.9 Å². The third-order valence-corrected chi connectivity index (χ3v) is 3.75. The minimum Gasteiger partial charge on any atom is -0.345 e. The highest BCUT2D eigenvalue weighted by Gasteiger charge is 2.23. The van der Waals surface area contributed by atoms with Crippen molar-refractivity contribution < 1.29 is 4.79 Å². The van der Waals surface area contributed by atoms with E-state index in [1.165, 1.54) is 0 Å². The molecule has 3 heterocycles. The number of carbonyl (C=O) groups is 1. The summed E-state index contributed by atoms with van der Waals surface area (Å²) in [6.45, 7) is 3.98. The fourth-order valence-electron chi connectivity index (χ4n) is 2.51. The summed E-state index contributed by atoms with van der Waals surface area (Å²) in [5, 5.41) is 0.918. The van der Waals surface area contributed by atoms with Gasteiger partial charge in [0.1, 0.15) is 5.65 Å². The molecule has 0 atom stereocenters. The first kappa shape index (κ1) is 11.3. The molecule has 1 N–H and O–H groups in total. The van der Waals surface area contributed by atoms with Crippen molar-refractivity contribution in [3.63, 3.8) is 0 Å². The van der Waals surface area contributed by atoms with Crippen LogP contribution in [0.5, 0.6) is 0 Å². The fourth-order valence-corrected chi connectivity index (χ4v) is 2.51. The molecule has 0 spiro atoms. The Hall–Kier alpha value is -1.84. The third kappa shape index (κ3) is 1.88. The second-order valence-electron chi connectivity index (χ2n) is 5.08. The van der Waals surface area contributed by atoms with Crippen LogP contribution >= 0.6 is 0 Å². The van der Waals surface area contributed by atoms with E-state index in [0.717, 1.165) is 48.4 Å². The van der Waals surface area contributed by atoms with Crippen LogP contribution in [0.4, 0.5) is 0 Å². The number of hydrogen-bond acceptors (Lipinski definition) is 2. The van der Waals surface area contributed by atoms with Crippen molar-refractivity contribution in [2.75, 3.05) is 13.1 Å². The third-order valence-electron chi connectivity index (χ3n) is 3.75. The molecule has 1 saturated heterocycles. The number of aromatic amines is 1. The maximum atomic E-state index is 12.5. The molecule has 1 amide bonds. The molecule has 1 aliphatic rings. The molecule has 0 radical (unpaired) electrons. The van der Waals surface area contributed by atoms with E-state index in [1.807, 2.05) is 17.0 Å². The molecule has 94 valence electrons. The molecule has 3 rings (SSSR count). The fraction of sp³-hybridized carbons (Fsp3) is 0.429. The van der Waals surface area contributed by atoms with Crippen LogP contribution in [0.2, 0.25) is 0 Å². The Bertz CT molecular complexity index is 567. The number of likely N-dealkylation sites (tertiary alicyclic amines) is 1. The zero-order valence-electron chi connectivity index (χ0n) is 10.5. The molecule has 0 bridgehead atoms. The van der Waals surface area contributed by atoms with Crippen molar-refractivity contribution in [1.82, 2.24) is 14.9 Å². The second-order valence-corrected chi connectivity index (χ2v) is 5.08. The summed E-state index contributed by atoms with van der Waals surface area (Å²) in [5.41, 5.74) is 1.53. The molecule has 0 saturated carbocycles. The molecular formula is C14H17N3O. The predicted molar refractivity (Wildman–Crippen MR) is 70.4 cm³/mol. The van der Waals surface area contributed by atoms with Gasteiger partial charge in [0.2, 0.25) is 0 Å². The average Bonchev–Trinajstić information content (AvgIpc) is 2.82. The van der Waals surface area contributed by atoms with Gasteiger partial charge >= 0.3 is 0 Å². The zero-order valence-corrected chi connectivity index (χ0v) is 10.5. The first-order valence-electron chi connectivity index (χ1n) is 6.47. The Balaban J connectivity index is 1.88. The number of nitrogens with zero attached hydrogens (tertiary/aromatic N) is 2. The van der Waals surface area contributed by atoms with Crippen LogP contribution in [0.1, 0.15) is 30.1 Å². The normalized spacial score (nSPS) is 17.3. The minimum atomic E-state index is 0.126. The number of hydrogen-bond donors (Lipinski definition) is 1. The molecule has 1 fully saturated rings. The van der Waals surface area contributed by atoms with Crippen LogP contribution in [-0.2, 0) is 0 Å². The van der Waals surface area contributed by atoms with Crippen molar-refractivity contribution in [3.05, 3.63) is 30.1 Å². The molecule has 18 heavy (non-hydrogen) atoms. The summed E-state index contributed by atoms with van der Waals surface area (Å²) < 4.78 is 0. The molecule has 2 aromatic heterocycles. The molecule has 4 nitrogen and oxygen atoms in total. The number of rotatable bonds is 1. The summed E-state index contributed by atoms with van der Waals surface area (Å²) in [7, 11) is 0. The number of H-pyrrole nitrogens is 1. The number of carbonyl (C=O) groups excluding carboxylic acids is 1. The minimum absolute atomic E-state index is 0.126. The Kier molecular flexibility index (Phi) is 2.78. The van der Waals surface area contributed by atoms with Crippen LogP contribution in [0, 0.1) is 5.92 Å². The first-order valence-corrected chi connectivity index (χ1v) is 6.47. The van der Waals surface area contributed by atoms with E-state index in [0.29, 0.717) is 0 Å². The summed E-state index contributed by atoms with van der Waals surface area (Å²) >= 11 is 0. The SMILES string of the molecule is CC1CCN(C(=O)c2c[nH]c3ncccc23)CC1. The van der Waals surface area contributed by atoms with Gasteiger partial charge in [0, 0.05) is 30.9 Å². The van der Waals surface area contributed by atoms with Gasteiger partial charge in [0.25, 0.3) is 5.91 Å².